The third-order valence-corrected chi connectivity index (χ3v) is 4.30. The van der Waals surface area contributed by atoms with Crippen LogP contribution in [0.1, 0.15) is 18.4 Å². The average molecular weight is 355 g/mol. The van der Waals surface area contributed by atoms with Crippen LogP contribution in [-0.2, 0) is 20.8 Å². The Morgan fingerprint density at radius 1 is 1.12 bits per heavy atom. The van der Waals surface area contributed by atoms with Crippen molar-refractivity contribution < 1.29 is 19.0 Å². The summed E-state index contributed by atoms with van der Waals surface area (Å²) in [5.41, 5.74) is 1.04. The lowest BCUT2D eigenvalue weighted by Gasteiger charge is -2.18. The Labute approximate surface area is 154 Å². The largest absolute Gasteiger partial charge is 0.457 e. The van der Waals surface area contributed by atoms with Crippen LogP contribution in [0.2, 0.25) is 0 Å². The van der Waals surface area contributed by atoms with Crippen molar-refractivity contribution in [3.8, 4) is 11.5 Å². The third kappa shape index (κ3) is 5.58. The van der Waals surface area contributed by atoms with E-state index in [1.54, 1.807) is 11.9 Å². The molecule has 26 heavy (non-hydrogen) atoms. The Hall–Kier alpha value is -2.37. The number of nitrogens with zero attached hydrogens (tertiary/aromatic N) is 1. The molecule has 0 spiro atoms. The van der Waals surface area contributed by atoms with Gasteiger partial charge in [0.25, 0.3) is 0 Å². The molecular formula is C21H25NO4. The Kier molecular flexibility index (Phi) is 6.63. The van der Waals surface area contributed by atoms with Crippen LogP contribution >= 0.6 is 0 Å². The minimum atomic E-state index is -0.0346. The van der Waals surface area contributed by atoms with Gasteiger partial charge in [-0.2, -0.15) is 0 Å². The molecule has 1 saturated heterocycles. The molecule has 1 atom stereocenters. The van der Waals surface area contributed by atoms with E-state index in [2.05, 4.69) is 0 Å². The Balaban J connectivity index is 1.43. The van der Waals surface area contributed by atoms with Crippen molar-refractivity contribution in [2.45, 2.75) is 25.5 Å². The maximum atomic E-state index is 12.2. The van der Waals surface area contributed by atoms with Gasteiger partial charge in [-0.25, -0.2) is 0 Å². The SMILES string of the molecule is CN(Cc1ccc(Oc2ccccc2)cc1)C(=O)COC[C@@H]1CCCO1. The summed E-state index contributed by atoms with van der Waals surface area (Å²) in [4.78, 5) is 13.8. The smallest absolute Gasteiger partial charge is 0.248 e. The van der Waals surface area contributed by atoms with Crippen molar-refractivity contribution in [3.05, 3.63) is 60.2 Å². The third-order valence-electron chi connectivity index (χ3n) is 4.30. The number of benzene rings is 2. The predicted molar refractivity (Wildman–Crippen MR) is 99.2 cm³/mol. The van der Waals surface area contributed by atoms with Gasteiger partial charge >= 0.3 is 0 Å². The van der Waals surface area contributed by atoms with Gasteiger partial charge in [-0.1, -0.05) is 30.3 Å². The molecule has 0 radical (unpaired) electrons. The monoisotopic (exact) mass is 355 g/mol. The maximum absolute atomic E-state index is 12.2. The first kappa shape index (κ1) is 18.4. The molecule has 0 bridgehead atoms. The fourth-order valence-corrected chi connectivity index (χ4v) is 2.81. The van der Waals surface area contributed by atoms with Crippen molar-refractivity contribution in [2.24, 2.45) is 0 Å². The van der Waals surface area contributed by atoms with E-state index in [-0.39, 0.29) is 18.6 Å². The second-order valence-electron chi connectivity index (χ2n) is 6.46. The number of carbonyl (C=O) groups excluding carboxylic acids is 1. The van der Waals surface area contributed by atoms with E-state index in [4.69, 9.17) is 14.2 Å². The Morgan fingerprint density at radius 3 is 2.54 bits per heavy atom. The van der Waals surface area contributed by atoms with Crippen LogP contribution in [0.15, 0.2) is 54.6 Å². The van der Waals surface area contributed by atoms with Gasteiger partial charge in [0, 0.05) is 20.2 Å². The quantitative estimate of drug-likeness (QED) is 0.725. The summed E-state index contributed by atoms with van der Waals surface area (Å²) in [5, 5.41) is 0. The summed E-state index contributed by atoms with van der Waals surface area (Å²) in [7, 11) is 1.78. The number of carbonyl (C=O) groups is 1. The molecule has 1 aliphatic heterocycles. The molecule has 1 heterocycles. The number of hydrogen-bond donors (Lipinski definition) is 0. The normalized spacial score (nSPS) is 16.4. The molecule has 0 N–H and O–H groups in total. The fourth-order valence-electron chi connectivity index (χ4n) is 2.81. The van der Waals surface area contributed by atoms with Crippen molar-refractivity contribution in [3.63, 3.8) is 0 Å². The van der Waals surface area contributed by atoms with Gasteiger partial charge in [-0.15, -0.1) is 0 Å². The molecule has 1 amide bonds. The van der Waals surface area contributed by atoms with Gasteiger partial charge in [0.15, 0.2) is 0 Å². The van der Waals surface area contributed by atoms with Crippen LogP contribution in [0, 0.1) is 0 Å². The zero-order valence-corrected chi connectivity index (χ0v) is 15.1. The van der Waals surface area contributed by atoms with E-state index in [1.165, 1.54) is 0 Å². The molecule has 0 saturated carbocycles. The van der Waals surface area contributed by atoms with Crippen LogP contribution in [0.3, 0.4) is 0 Å². The molecule has 5 heteroatoms. The van der Waals surface area contributed by atoms with E-state index < -0.39 is 0 Å². The average Bonchev–Trinajstić information content (AvgIpc) is 3.17. The van der Waals surface area contributed by atoms with E-state index in [0.29, 0.717) is 13.2 Å². The number of ether oxygens (including phenoxy) is 3. The number of rotatable bonds is 8. The molecule has 3 rings (SSSR count). The first-order valence-corrected chi connectivity index (χ1v) is 8.96. The van der Waals surface area contributed by atoms with Gasteiger partial charge < -0.3 is 19.1 Å². The van der Waals surface area contributed by atoms with Crippen LogP contribution < -0.4 is 4.74 Å². The lowest BCUT2D eigenvalue weighted by atomic mass is 10.2. The molecule has 2 aromatic rings. The van der Waals surface area contributed by atoms with Crippen LogP contribution in [-0.4, -0.2) is 43.8 Å². The second kappa shape index (κ2) is 9.36. The predicted octanol–water partition coefficient (Wildman–Crippen LogP) is 3.63. The topological polar surface area (TPSA) is 48.0 Å². The molecule has 0 unspecified atom stereocenters. The van der Waals surface area contributed by atoms with E-state index in [9.17, 15) is 4.79 Å². The van der Waals surface area contributed by atoms with Gasteiger partial charge in [-0.3, -0.25) is 4.79 Å². The molecule has 1 aliphatic rings. The van der Waals surface area contributed by atoms with E-state index in [0.717, 1.165) is 36.5 Å². The van der Waals surface area contributed by atoms with Gasteiger partial charge in [-0.05, 0) is 42.7 Å². The molecule has 5 nitrogen and oxygen atoms in total. The lowest BCUT2D eigenvalue weighted by molar-refractivity contribution is -0.136. The van der Waals surface area contributed by atoms with Crippen molar-refractivity contribution in [1.29, 1.82) is 0 Å². The number of para-hydroxylation sites is 1. The summed E-state index contributed by atoms with van der Waals surface area (Å²) in [6, 6.07) is 17.4. The number of hydrogen-bond acceptors (Lipinski definition) is 4. The molecule has 0 aromatic heterocycles. The van der Waals surface area contributed by atoms with Crippen LogP contribution in [0.25, 0.3) is 0 Å². The highest BCUT2D eigenvalue weighted by Gasteiger charge is 2.17. The van der Waals surface area contributed by atoms with E-state index in [1.807, 2.05) is 54.6 Å². The molecule has 1 fully saturated rings. The van der Waals surface area contributed by atoms with Crippen LogP contribution in [0.5, 0.6) is 11.5 Å². The summed E-state index contributed by atoms with van der Waals surface area (Å²) in [6.45, 7) is 1.91. The number of amides is 1. The highest BCUT2D eigenvalue weighted by molar-refractivity contribution is 5.77. The summed E-state index contributed by atoms with van der Waals surface area (Å²) in [6.07, 6.45) is 2.23. The standard InChI is InChI=1S/C21H25NO4/c1-22(21(23)16-24-15-20-8-5-13-25-20)14-17-9-11-19(12-10-17)26-18-6-3-2-4-7-18/h2-4,6-7,9-12,20H,5,8,13-16H2,1H3/t20-/m0/s1. The summed E-state index contributed by atoms with van der Waals surface area (Å²) < 4.78 is 16.7. The van der Waals surface area contributed by atoms with Crippen molar-refractivity contribution in [1.82, 2.24) is 4.90 Å². The van der Waals surface area contributed by atoms with Crippen molar-refractivity contribution >= 4 is 5.91 Å². The highest BCUT2D eigenvalue weighted by atomic mass is 16.5. The first-order valence-electron chi connectivity index (χ1n) is 8.96. The van der Waals surface area contributed by atoms with E-state index >= 15 is 0 Å². The zero-order valence-electron chi connectivity index (χ0n) is 15.1. The fraction of sp³-hybridized carbons (Fsp3) is 0.381. The van der Waals surface area contributed by atoms with Gasteiger partial charge in [0.05, 0.1) is 12.7 Å². The van der Waals surface area contributed by atoms with Gasteiger partial charge in [0.1, 0.15) is 18.1 Å². The molecule has 0 aliphatic carbocycles. The minimum Gasteiger partial charge on any atom is -0.457 e. The lowest BCUT2D eigenvalue weighted by Crippen LogP contribution is -2.31. The highest BCUT2D eigenvalue weighted by Crippen LogP contribution is 2.21. The first-order chi connectivity index (χ1) is 12.7. The number of likely N-dealkylation sites (N-methyl/N-ethyl adjacent to an activating group) is 1. The van der Waals surface area contributed by atoms with Crippen molar-refractivity contribution in [2.75, 3.05) is 26.9 Å². The summed E-state index contributed by atoms with van der Waals surface area (Å²) >= 11 is 0. The minimum absolute atomic E-state index is 0.0346. The Bertz CT molecular complexity index is 681. The Morgan fingerprint density at radius 2 is 1.85 bits per heavy atom. The zero-order chi connectivity index (χ0) is 18.2. The molecule has 138 valence electrons. The second-order valence-corrected chi connectivity index (χ2v) is 6.46. The van der Waals surface area contributed by atoms with Crippen LogP contribution in [0.4, 0.5) is 0 Å². The maximum Gasteiger partial charge on any atom is 0.248 e. The molecule has 2 aromatic carbocycles. The molecular weight excluding hydrogens is 330 g/mol. The van der Waals surface area contributed by atoms with Gasteiger partial charge in [0.2, 0.25) is 5.91 Å². The summed E-state index contributed by atoms with van der Waals surface area (Å²) in [5.74, 6) is 1.54.